The highest BCUT2D eigenvalue weighted by molar-refractivity contribution is 14.0. The largest absolute Gasteiger partial charge is 0.382 e. The maximum atomic E-state index is 5.76. The van der Waals surface area contributed by atoms with Crippen LogP contribution < -0.4 is 10.6 Å². The smallest absolute Gasteiger partial charge is 0.191 e. The Hall–Kier alpha value is -0.120. The molecule has 7 heteroatoms. The average Bonchev–Trinajstić information content (AvgIpc) is 2.52. The molecule has 0 aromatic carbocycles. The van der Waals surface area contributed by atoms with E-state index >= 15 is 0 Å². The lowest BCUT2D eigenvalue weighted by atomic mass is 10.0. The van der Waals surface area contributed by atoms with Crippen LogP contribution in [0.4, 0.5) is 0 Å². The molecule has 0 aromatic heterocycles. The summed E-state index contributed by atoms with van der Waals surface area (Å²) in [6.45, 7) is 13.7. The van der Waals surface area contributed by atoms with Crippen molar-refractivity contribution in [2.75, 3.05) is 53.2 Å². The minimum Gasteiger partial charge on any atom is -0.382 e. The zero-order valence-electron chi connectivity index (χ0n) is 16.1. The van der Waals surface area contributed by atoms with Crippen LogP contribution in [0.5, 0.6) is 0 Å². The van der Waals surface area contributed by atoms with E-state index in [4.69, 9.17) is 14.2 Å². The summed E-state index contributed by atoms with van der Waals surface area (Å²) in [7, 11) is 1.68. The molecular weight excluding hydrogens is 421 g/mol. The molecule has 0 rings (SSSR count). The number of halogens is 1. The third-order valence-electron chi connectivity index (χ3n) is 3.34. The molecule has 0 amide bonds. The van der Waals surface area contributed by atoms with Crippen molar-refractivity contribution in [2.24, 2.45) is 10.9 Å². The fourth-order valence-electron chi connectivity index (χ4n) is 2.10. The van der Waals surface area contributed by atoms with Gasteiger partial charge in [-0.1, -0.05) is 13.8 Å². The molecule has 146 valence electrons. The van der Waals surface area contributed by atoms with Crippen LogP contribution in [-0.4, -0.2) is 65.2 Å². The number of guanidine groups is 1. The van der Waals surface area contributed by atoms with Gasteiger partial charge in [0.05, 0.1) is 19.3 Å². The molecule has 1 unspecified atom stereocenters. The lowest BCUT2D eigenvalue weighted by Crippen LogP contribution is -2.39. The molecule has 6 nitrogen and oxygen atoms in total. The monoisotopic (exact) mass is 459 g/mol. The predicted octanol–water partition coefficient (Wildman–Crippen LogP) is 2.66. The Bertz CT molecular complexity index is 292. The molecule has 0 aliphatic rings. The molecule has 0 heterocycles. The Balaban J connectivity index is 0. The Morgan fingerprint density at radius 2 is 1.83 bits per heavy atom. The van der Waals surface area contributed by atoms with Gasteiger partial charge in [0.25, 0.3) is 0 Å². The maximum absolute atomic E-state index is 5.76. The first-order chi connectivity index (χ1) is 11.2. The lowest BCUT2D eigenvalue weighted by molar-refractivity contribution is 0.0258. The first kappa shape index (κ1) is 26.1. The van der Waals surface area contributed by atoms with E-state index in [-0.39, 0.29) is 24.0 Å². The quantitative estimate of drug-likeness (QED) is 0.181. The second-order valence-corrected chi connectivity index (χ2v) is 5.67. The van der Waals surface area contributed by atoms with Gasteiger partial charge < -0.3 is 24.8 Å². The molecule has 0 radical (unpaired) electrons. The molecule has 0 aliphatic heterocycles. The first-order valence-corrected chi connectivity index (χ1v) is 8.86. The van der Waals surface area contributed by atoms with Gasteiger partial charge in [0, 0.05) is 40.0 Å². The van der Waals surface area contributed by atoms with E-state index in [2.05, 4.69) is 36.4 Å². The molecule has 24 heavy (non-hydrogen) atoms. The third kappa shape index (κ3) is 15.4. The highest BCUT2D eigenvalue weighted by Gasteiger charge is 2.12. The van der Waals surface area contributed by atoms with E-state index in [1.807, 2.05) is 6.92 Å². The van der Waals surface area contributed by atoms with Crippen LogP contribution in [0.1, 0.15) is 40.5 Å². The maximum Gasteiger partial charge on any atom is 0.191 e. The van der Waals surface area contributed by atoms with Gasteiger partial charge in [0.15, 0.2) is 5.96 Å². The summed E-state index contributed by atoms with van der Waals surface area (Å²) in [4.78, 5) is 4.56. The van der Waals surface area contributed by atoms with Crippen LogP contribution in [0.3, 0.4) is 0 Å². The normalized spacial score (nSPS) is 12.8. The molecule has 0 bridgehead atoms. The summed E-state index contributed by atoms with van der Waals surface area (Å²) < 4.78 is 16.1. The van der Waals surface area contributed by atoms with E-state index in [0.29, 0.717) is 31.8 Å². The fourth-order valence-corrected chi connectivity index (χ4v) is 2.10. The van der Waals surface area contributed by atoms with Crippen molar-refractivity contribution in [1.29, 1.82) is 0 Å². The van der Waals surface area contributed by atoms with Crippen LogP contribution in [0.25, 0.3) is 0 Å². The van der Waals surface area contributed by atoms with E-state index in [9.17, 15) is 0 Å². The summed E-state index contributed by atoms with van der Waals surface area (Å²) in [5.41, 5.74) is 0. The van der Waals surface area contributed by atoms with E-state index in [0.717, 1.165) is 45.0 Å². The van der Waals surface area contributed by atoms with Crippen molar-refractivity contribution in [3.05, 3.63) is 0 Å². The van der Waals surface area contributed by atoms with Crippen molar-refractivity contribution in [1.82, 2.24) is 10.6 Å². The Morgan fingerprint density at radius 3 is 2.42 bits per heavy atom. The van der Waals surface area contributed by atoms with Gasteiger partial charge in [-0.15, -0.1) is 24.0 Å². The Labute approximate surface area is 165 Å². The zero-order valence-corrected chi connectivity index (χ0v) is 18.4. The standard InChI is InChI=1S/C17H37N3O3.HI/c1-6-18-17(19-10-8-12-22-14-13-21-5)20-11-9-16(15(3)4)23-7-2;/h15-16H,6-14H2,1-5H3,(H2,18,19,20);1H. The SMILES string of the molecule is CCNC(=NCCCOCCOC)NCCC(OCC)C(C)C.I. The molecule has 0 saturated carbocycles. The molecule has 0 aliphatic carbocycles. The van der Waals surface area contributed by atoms with Crippen molar-refractivity contribution in [2.45, 2.75) is 46.6 Å². The molecule has 0 saturated heterocycles. The van der Waals surface area contributed by atoms with Gasteiger partial charge in [0.2, 0.25) is 0 Å². The van der Waals surface area contributed by atoms with Gasteiger partial charge in [0.1, 0.15) is 0 Å². The lowest BCUT2D eigenvalue weighted by Gasteiger charge is -2.21. The number of nitrogens with zero attached hydrogens (tertiary/aromatic N) is 1. The zero-order chi connectivity index (χ0) is 17.3. The summed E-state index contributed by atoms with van der Waals surface area (Å²) in [5, 5.41) is 6.64. The topological polar surface area (TPSA) is 64.1 Å². The summed E-state index contributed by atoms with van der Waals surface area (Å²) in [5.74, 6) is 1.39. The second kappa shape index (κ2) is 19.2. The predicted molar refractivity (Wildman–Crippen MR) is 112 cm³/mol. The Morgan fingerprint density at radius 1 is 1.08 bits per heavy atom. The minimum absolute atomic E-state index is 0. The number of methoxy groups -OCH3 is 1. The van der Waals surface area contributed by atoms with Crippen molar-refractivity contribution >= 4 is 29.9 Å². The van der Waals surface area contributed by atoms with Crippen molar-refractivity contribution < 1.29 is 14.2 Å². The van der Waals surface area contributed by atoms with Crippen molar-refractivity contribution in [3.63, 3.8) is 0 Å². The Kier molecular flexibility index (Phi) is 20.9. The van der Waals surface area contributed by atoms with E-state index in [1.54, 1.807) is 7.11 Å². The first-order valence-electron chi connectivity index (χ1n) is 8.86. The van der Waals surface area contributed by atoms with Crippen molar-refractivity contribution in [3.8, 4) is 0 Å². The van der Waals surface area contributed by atoms with Gasteiger partial charge in [-0.3, -0.25) is 4.99 Å². The van der Waals surface area contributed by atoms with Crippen LogP contribution >= 0.6 is 24.0 Å². The van der Waals surface area contributed by atoms with Crippen LogP contribution in [0.2, 0.25) is 0 Å². The highest BCUT2D eigenvalue weighted by atomic mass is 127. The molecule has 2 N–H and O–H groups in total. The fraction of sp³-hybridized carbons (Fsp3) is 0.941. The molecule has 1 atom stereocenters. The van der Waals surface area contributed by atoms with E-state index < -0.39 is 0 Å². The average molecular weight is 459 g/mol. The number of ether oxygens (including phenoxy) is 3. The number of hydrogen-bond acceptors (Lipinski definition) is 4. The van der Waals surface area contributed by atoms with Gasteiger partial charge in [-0.05, 0) is 32.6 Å². The van der Waals surface area contributed by atoms with Gasteiger partial charge in [-0.2, -0.15) is 0 Å². The molecule has 0 spiro atoms. The van der Waals surface area contributed by atoms with Gasteiger partial charge in [-0.25, -0.2) is 0 Å². The third-order valence-corrected chi connectivity index (χ3v) is 3.34. The number of nitrogens with one attached hydrogen (secondary N) is 2. The molecular formula is C17H38IN3O3. The van der Waals surface area contributed by atoms with Crippen LogP contribution in [0, 0.1) is 5.92 Å². The summed E-state index contributed by atoms with van der Waals surface area (Å²) in [6.07, 6.45) is 2.19. The number of hydrogen-bond donors (Lipinski definition) is 2. The second-order valence-electron chi connectivity index (χ2n) is 5.67. The minimum atomic E-state index is 0. The number of aliphatic imine (C=N–C) groups is 1. The molecule has 0 aromatic rings. The van der Waals surface area contributed by atoms with Crippen LogP contribution in [-0.2, 0) is 14.2 Å². The van der Waals surface area contributed by atoms with E-state index in [1.165, 1.54) is 0 Å². The summed E-state index contributed by atoms with van der Waals surface area (Å²) in [6, 6.07) is 0. The highest BCUT2D eigenvalue weighted by Crippen LogP contribution is 2.09. The number of rotatable bonds is 14. The van der Waals surface area contributed by atoms with Gasteiger partial charge >= 0.3 is 0 Å². The van der Waals surface area contributed by atoms with Crippen LogP contribution in [0.15, 0.2) is 4.99 Å². The summed E-state index contributed by atoms with van der Waals surface area (Å²) >= 11 is 0. The molecule has 0 fully saturated rings.